The van der Waals surface area contributed by atoms with Crippen molar-refractivity contribution in [2.75, 3.05) is 0 Å². The van der Waals surface area contributed by atoms with E-state index in [0.29, 0.717) is 6.61 Å². The summed E-state index contributed by atoms with van der Waals surface area (Å²) >= 11 is 0. The number of carbonyl (C=O) groups is 1. The summed E-state index contributed by atoms with van der Waals surface area (Å²) in [6.45, 7) is 8.03. The van der Waals surface area contributed by atoms with E-state index in [9.17, 15) is 4.79 Å². The van der Waals surface area contributed by atoms with E-state index in [4.69, 9.17) is 4.74 Å². The third kappa shape index (κ3) is 5.89. The highest BCUT2D eigenvalue weighted by atomic mass is 16.5. The highest BCUT2D eigenvalue weighted by Gasteiger charge is 2.07. The molecule has 0 aliphatic heterocycles. The summed E-state index contributed by atoms with van der Waals surface area (Å²) < 4.78 is 5.05. The smallest absolute Gasteiger partial charge is 0.308 e. The minimum atomic E-state index is -0.149. The van der Waals surface area contributed by atoms with Crippen molar-refractivity contribution in [2.24, 2.45) is 5.92 Å². The molecule has 15 heavy (non-hydrogen) atoms. The van der Waals surface area contributed by atoms with Crippen LogP contribution in [0, 0.1) is 5.92 Å². The van der Waals surface area contributed by atoms with Crippen molar-refractivity contribution < 1.29 is 9.53 Å². The first kappa shape index (κ1) is 13.7. The van der Waals surface area contributed by atoms with E-state index in [-0.39, 0.29) is 11.9 Å². The third-order valence-corrected chi connectivity index (χ3v) is 1.70. The standard InChI is InChI=1S/C11H14O2.C2H6/c1-9(2)11(12)13-8-10-6-4-3-5-7-10;1-2/h3-7,9H,8H2,1-2H3;1-2H3. The van der Waals surface area contributed by atoms with Gasteiger partial charge in [-0.2, -0.15) is 0 Å². The van der Waals surface area contributed by atoms with Crippen LogP contribution in [0.4, 0.5) is 0 Å². The second kappa shape index (κ2) is 8.04. The molecule has 2 heteroatoms. The molecule has 0 saturated heterocycles. The molecule has 0 aromatic heterocycles. The van der Waals surface area contributed by atoms with Gasteiger partial charge in [0, 0.05) is 0 Å². The van der Waals surface area contributed by atoms with Crippen LogP contribution in [0.15, 0.2) is 30.3 Å². The van der Waals surface area contributed by atoms with E-state index >= 15 is 0 Å². The zero-order valence-corrected chi connectivity index (χ0v) is 9.99. The molecule has 0 aliphatic carbocycles. The first-order chi connectivity index (χ1) is 7.20. The molecule has 0 fully saturated rings. The van der Waals surface area contributed by atoms with Gasteiger partial charge in [-0.15, -0.1) is 0 Å². The summed E-state index contributed by atoms with van der Waals surface area (Å²) in [5, 5.41) is 0. The lowest BCUT2D eigenvalue weighted by molar-refractivity contribution is -0.148. The minimum absolute atomic E-state index is 0.0521. The Balaban J connectivity index is 0.000000921. The molecule has 0 amide bonds. The van der Waals surface area contributed by atoms with Gasteiger partial charge in [-0.25, -0.2) is 0 Å². The molecule has 0 spiro atoms. The van der Waals surface area contributed by atoms with E-state index in [2.05, 4.69) is 0 Å². The van der Waals surface area contributed by atoms with Crippen molar-refractivity contribution in [1.29, 1.82) is 0 Å². The van der Waals surface area contributed by atoms with Crippen molar-refractivity contribution in [1.82, 2.24) is 0 Å². The van der Waals surface area contributed by atoms with Gasteiger partial charge in [0.05, 0.1) is 5.92 Å². The fourth-order valence-electron chi connectivity index (χ4n) is 0.895. The van der Waals surface area contributed by atoms with Crippen molar-refractivity contribution >= 4 is 5.97 Å². The Labute approximate surface area is 92.3 Å². The van der Waals surface area contributed by atoms with Gasteiger partial charge in [-0.05, 0) is 5.56 Å². The molecule has 1 rings (SSSR count). The van der Waals surface area contributed by atoms with E-state index in [1.807, 2.05) is 58.0 Å². The zero-order chi connectivity index (χ0) is 11.7. The predicted molar refractivity (Wildman–Crippen MR) is 62.4 cm³/mol. The number of carbonyl (C=O) groups excluding carboxylic acids is 1. The van der Waals surface area contributed by atoms with Gasteiger partial charge < -0.3 is 4.74 Å². The lowest BCUT2D eigenvalue weighted by atomic mass is 10.2. The lowest BCUT2D eigenvalue weighted by Crippen LogP contribution is -2.11. The van der Waals surface area contributed by atoms with Crippen LogP contribution < -0.4 is 0 Å². The maximum atomic E-state index is 11.1. The summed E-state index contributed by atoms with van der Waals surface area (Å²) in [5.41, 5.74) is 1.02. The van der Waals surface area contributed by atoms with Crippen LogP contribution in [0.2, 0.25) is 0 Å². The van der Waals surface area contributed by atoms with Gasteiger partial charge in [-0.3, -0.25) is 4.79 Å². The van der Waals surface area contributed by atoms with Gasteiger partial charge in [0.15, 0.2) is 0 Å². The average Bonchev–Trinajstić information content (AvgIpc) is 2.30. The molecular weight excluding hydrogens is 188 g/mol. The maximum Gasteiger partial charge on any atom is 0.308 e. The van der Waals surface area contributed by atoms with Crippen LogP contribution in [-0.2, 0) is 16.1 Å². The second-order valence-corrected chi connectivity index (χ2v) is 3.25. The van der Waals surface area contributed by atoms with Gasteiger partial charge in [-0.1, -0.05) is 58.0 Å². The van der Waals surface area contributed by atoms with Gasteiger partial charge in [0.25, 0.3) is 0 Å². The fourth-order valence-corrected chi connectivity index (χ4v) is 0.895. The largest absolute Gasteiger partial charge is 0.461 e. The van der Waals surface area contributed by atoms with Crippen LogP contribution >= 0.6 is 0 Å². The maximum absolute atomic E-state index is 11.1. The second-order valence-electron chi connectivity index (χ2n) is 3.25. The lowest BCUT2D eigenvalue weighted by Gasteiger charge is -2.06. The summed E-state index contributed by atoms with van der Waals surface area (Å²) in [6.07, 6.45) is 0. The van der Waals surface area contributed by atoms with Gasteiger partial charge >= 0.3 is 5.97 Å². The Morgan fingerprint density at radius 1 is 1.20 bits per heavy atom. The van der Waals surface area contributed by atoms with E-state index in [0.717, 1.165) is 5.56 Å². The van der Waals surface area contributed by atoms with Crippen LogP contribution in [0.1, 0.15) is 33.3 Å². The molecule has 0 saturated carbocycles. The molecule has 84 valence electrons. The highest BCUT2D eigenvalue weighted by molar-refractivity contribution is 5.71. The molecule has 1 aromatic carbocycles. The first-order valence-electron chi connectivity index (χ1n) is 5.40. The molecule has 0 aliphatic rings. The molecule has 2 nitrogen and oxygen atoms in total. The number of benzene rings is 1. The topological polar surface area (TPSA) is 26.3 Å². The average molecular weight is 208 g/mol. The highest BCUT2D eigenvalue weighted by Crippen LogP contribution is 2.03. The number of hydrogen-bond donors (Lipinski definition) is 0. The van der Waals surface area contributed by atoms with Crippen LogP contribution in [0.25, 0.3) is 0 Å². The third-order valence-electron chi connectivity index (χ3n) is 1.70. The molecule has 0 N–H and O–H groups in total. The van der Waals surface area contributed by atoms with E-state index in [1.165, 1.54) is 0 Å². The van der Waals surface area contributed by atoms with Crippen LogP contribution in [-0.4, -0.2) is 5.97 Å². The van der Waals surface area contributed by atoms with E-state index in [1.54, 1.807) is 0 Å². The van der Waals surface area contributed by atoms with Gasteiger partial charge in [0.2, 0.25) is 0 Å². The molecule has 0 radical (unpaired) electrons. The van der Waals surface area contributed by atoms with Crippen molar-refractivity contribution in [3.05, 3.63) is 35.9 Å². The molecule has 0 unspecified atom stereocenters. The van der Waals surface area contributed by atoms with Crippen molar-refractivity contribution in [3.8, 4) is 0 Å². The number of esters is 1. The predicted octanol–water partition coefficient (Wildman–Crippen LogP) is 3.41. The molecule has 0 bridgehead atoms. The number of hydrogen-bond acceptors (Lipinski definition) is 2. The summed E-state index contributed by atoms with van der Waals surface area (Å²) in [4.78, 5) is 11.1. The zero-order valence-electron chi connectivity index (χ0n) is 9.99. The molecule has 0 heterocycles. The number of ether oxygens (including phenoxy) is 1. The molecule has 1 aromatic rings. The Morgan fingerprint density at radius 3 is 2.20 bits per heavy atom. The molecular formula is C13H20O2. The SMILES string of the molecule is CC.CC(C)C(=O)OCc1ccccc1. The van der Waals surface area contributed by atoms with Crippen LogP contribution in [0.5, 0.6) is 0 Å². The number of rotatable bonds is 3. The van der Waals surface area contributed by atoms with Gasteiger partial charge in [0.1, 0.15) is 6.61 Å². The van der Waals surface area contributed by atoms with Crippen molar-refractivity contribution in [2.45, 2.75) is 34.3 Å². The van der Waals surface area contributed by atoms with E-state index < -0.39 is 0 Å². The Bertz CT molecular complexity index is 265. The van der Waals surface area contributed by atoms with Crippen molar-refractivity contribution in [3.63, 3.8) is 0 Å². The Kier molecular flexibility index (Phi) is 7.33. The normalized spacial score (nSPS) is 9.13. The fraction of sp³-hybridized carbons (Fsp3) is 0.462. The summed E-state index contributed by atoms with van der Waals surface area (Å²) in [5.74, 6) is -0.201. The Morgan fingerprint density at radius 2 is 1.73 bits per heavy atom. The Hall–Kier alpha value is -1.31. The summed E-state index contributed by atoms with van der Waals surface area (Å²) in [7, 11) is 0. The first-order valence-corrected chi connectivity index (χ1v) is 5.40. The summed E-state index contributed by atoms with van der Waals surface area (Å²) in [6, 6.07) is 9.67. The molecule has 0 atom stereocenters. The monoisotopic (exact) mass is 208 g/mol. The van der Waals surface area contributed by atoms with Crippen LogP contribution in [0.3, 0.4) is 0 Å². The minimum Gasteiger partial charge on any atom is -0.461 e. The quantitative estimate of drug-likeness (QED) is 0.711.